The molecule has 0 bridgehead atoms. The highest BCUT2D eigenvalue weighted by molar-refractivity contribution is 5.33. The molecule has 0 unspecified atom stereocenters. The maximum atomic E-state index is 5.39. The van der Waals surface area contributed by atoms with Crippen LogP contribution in [0.5, 0.6) is 0 Å². The second-order valence-corrected chi connectivity index (χ2v) is 5.64. The van der Waals surface area contributed by atoms with Gasteiger partial charge in [0.2, 0.25) is 0 Å². The van der Waals surface area contributed by atoms with Crippen molar-refractivity contribution in [2.24, 2.45) is 11.8 Å². The Labute approximate surface area is 115 Å². The molecule has 1 aromatic rings. The van der Waals surface area contributed by atoms with Crippen LogP contribution in [-0.2, 0) is 6.54 Å². The Balaban J connectivity index is 1.81. The standard InChI is InChI=1S/C14H25N5/c1-18(2)10-12-6-8-19(9-7-12)11-13-4-3-5-14(16-13)17-15/h3-5,12H,6-11,15H2,1-2H3,(H,16,17). The molecule has 1 fully saturated rings. The van der Waals surface area contributed by atoms with E-state index in [9.17, 15) is 0 Å². The van der Waals surface area contributed by atoms with Crippen LogP contribution in [0.1, 0.15) is 18.5 Å². The van der Waals surface area contributed by atoms with Gasteiger partial charge in [-0.05, 0) is 58.1 Å². The smallest absolute Gasteiger partial charge is 0.140 e. The lowest BCUT2D eigenvalue weighted by Gasteiger charge is -2.33. The first-order valence-electron chi connectivity index (χ1n) is 6.97. The number of nitrogens with one attached hydrogen (secondary N) is 1. The lowest BCUT2D eigenvalue weighted by Crippen LogP contribution is -2.36. The summed E-state index contributed by atoms with van der Waals surface area (Å²) in [6.45, 7) is 4.46. The topological polar surface area (TPSA) is 57.4 Å². The zero-order chi connectivity index (χ0) is 13.7. The van der Waals surface area contributed by atoms with Crippen LogP contribution >= 0.6 is 0 Å². The number of hydrazine groups is 1. The van der Waals surface area contributed by atoms with E-state index in [1.807, 2.05) is 12.1 Å². The summed E-state index contributed by atoms with van der Waals surface area (Å²) in [5.41, 5.74) is 3.68. The number of rotatable bonds is 5. The van der Waals surface area contributed by atoms with Crippen LogP contribution in [0.15, 0.2) is 18.2 Å². The monoisotopic (exact) mass is 263 g/mol. The second kappa shape index (κ2) is 6.84. The van der Waals surface area contributed by atoms with Gasteiger partial charge in [0.05, 0.1) is 5.69 Å². The van der Waals surface area contributed by atoms with Crippen molar-refractivity contribution < 1.29 is 0 Å². The Morgan fingerprint density at radius 2 is 2.11 bits per heavy atom. The number of hydrogen-bond acceptors (Lipinski definition) is 5. The van der Waals surface area contributed by atoms with Crippen molar-refractivity contribution in [1.29, 1.82) is 0 Å². The number of nitrogen functional groups attached to an aromatic ring is 1. The van der Waals surface area contributed by atoms with Gasteiger partial charge >= 0.3 is 0 Å². The van der Waals surface area contributed by atoms with Crippen molar-refractivity contribution in [3.05, 3.63) is 23.9 Å². The molecule has 5 nitrogen and oxygen atoms in total. The predicted molar refractivity (Wildman–Crippen MR) is 78.6 cm³/mol. The Morgan fingerprint density at radius 1 is 1.37 bits per heavy atom. The SMILES string of the molecule is CN(C)CC1CCN(Cc2cccc(NN)n2)CC1. The number of anilines is 1. The fraction of sp³-hybridized carbons (Fsp3) is 0.643. The second-order valence-electron chi connectivity index (χ2n) is 5.64. The molecule has 1 aliphatic rings. The molecule has 0 aliphatic carbocycles. The van der Waals surface area contributed by atoms with E-state index in [0.717, 1.165) is 24.0 Å². The van der Waals surface area contributed by atoms with Crippen molar-refractivity contribution in [2.75, 3.05) is 39.2 Å². The van der Waals surface area contributed by atoms with E-state index in [-0.39, 0.29) is 0 Å². The van der Waals surface area contributed by atoms with Crippen LogP contribution in [0.25, 0.3) is 0 Å². The molecular formula is C14H25N5. The number of aromatic nitrogens is 1. The van der Waals surface area contributed by atoms with Crippen LogP contribution in [0.4, 0.5) is 5.82 Å². The van der Waals surface area contributed by atoms with Crippen LogP contribution in [-0.4, -0.2) is 48.5 Å². The van der Waals surface area contributed by atoms with Crippen LogP contribution in [0.3, 0.4) is 0 Å². The Kier molecular flexibility index (Phi) is 5.13. The zero-order valence-electron chi connectivity index (χ0n) is 12.0. The van der Waals surface area contributed by atoms with Crippen LogP contribution < -0.4 is 11.3 Å². The van der Waals surface area contributed by atoms with Gasteiger partial charge in [0.1, 0.15) is 5.82 Å². The molecule has 1 aliphatic heterocycles. The minimum absolute atomic E-state index is 0.736. The molecule has 1 saturated heterocycles. The van der Waals surface area contributed by atoms with E-state index in [4.69, 9.17) is 5.84 Å². The first-order chi connectivity index (χ1) is 9.17. The molecule has 0 amide bonds. The maximum absolute atomic E-state index is 5.39. The minimum Gasteiger partial charge on any atom is -0.309 e. The first kappa shape index (κ1) is 14.2. The Hall–Kier alpha value is -1.17. The van der Waals surface area contributed by atoms with E-state index in [1.54, 1.807) is 0 Å². The summed E-state index contributed by atoms with van der Waals surface area (Å²) < 4.78 is 0. The summed E-state index contributed by atoms with van der Waals surface area (Å²) in [4.78, 5) is 9.24. The summed E-state index contributed by atoms with van der Waals surface area (Å²) in [6.07, 6.45) is 2.57. The van der Waals surface area contributed by atoms with Gasteiger partial charge in [-0.2, -0.15) is 0 Å². The van der Waals surface area contributed by atoms with Crippen LogP contribution in [0, 0.1) is 5.92 Å². The van der Waals surface area contributed by atoms with Gasteiger partial charge in [0, 0.05) is 13.1 Å². The van der Waals surface area contributed by atoms with Gasteiger partial charge in [-0.1, -0.05) is 6.07 Å². The average Bonchev–Trinajstić information content (AvgIpc) is 2.41. The first-order valence-corrected chi connectivity index (χ1v) is 6.97. The van der Waals surface area contributed by atoms with Crippen molar-refractivity contribution >= 4 is 5.82 Å². The van der Waals surface area contributed by atoms with Crippen LogP contribution in [0.2, 0.25) is 0 Å². The fourth-order valence-corrected chi connectivity index (χ4v) is 2.72. The summed E-state index contributed by atoms with van der Waals surface area (Å²) in [5.74, 6) is 6.97. The highest BCUT2D eigenvalue weighted by Crippen LogP contribution is 2.19. The highest BCUT2D eigenvalue weighted by Gasteiger charge is 2.19. The molecule has 0 aromatic carbocycles. The van der Waals surface area contributed by atoms with Gasteiger partial charge in [-0.3, -0.25) is 4.90 Å². The molecule has 19 heavy (non-hydrogen) atoms. The number of nitrogens with two attached hydrogens (primary N) is 1. The number of nitrogens with zero attached hydrogens (tertiary/aromatic N) is 3. The summed E-state index contributed by atoms with van der Waals surface area (Å²) in [5, 5.41) is 0. The lowest BCUT2D eigenvalue weighted by atomic mass is 9.96. The molecule has 0 radical (unpaired) electrons. The van der Waals surface area contributed by atoms with Gasteiger partial charge in [-0.15, -0.1) is 0 Å². The molecule has 1 aromatic heterocycles. The number of hydrogen-bond donors (Lipinski definition) is 2. The number of pyridine rings is 1. The largest absolute Gasteiger partial charge is 0.309 e. The van der Waals surface area contributed by atoms with Gasteiger partial charge < -0.3 is 10.3 Å². The summed E-state index contributed by atoms with van der Waals surface area (Å²) in [6, 6.07) is 5.94. The quantitative estimate of drug-likeness (QED) is 0.616. The third-order valence-corrected chi connectivity index (χ3v) is 3.67. The average molecular weight is 263 g/mol. The molecule has 0 atom stereocenters. The molecule has 0 saturated carbocycles. The molecule has 106 valence electrons. The van der Waals surface area contributed by atoms with Gasteiger partial charge in [-0.25, -0.2) is 10.8 Å². The minimum atomic E-state index is 0.736. The number of piperidine rings is 1. The maximum Gasteiger partial charge on any atom is 0.140 e. The van der Waals surface area contributed by atoms with Crippen molar-refractivity contribution in [3.8, 4) is 0 Å². The Morgan fingerprint density at radius 3 is 2.74 bits per heavy atom. The zero-order valence-corrected chi connectivity index (χ0v) is 12.0. The molecule has 5 heteroatoms. The number of likely N-dealkylation sites (tertiary alicyclic amines) is 1. The fourth-order valence-electron chi connectivity index (χ4n) is 2.72. The summed E-state index contributed by atoms with van der Waals surface area (Å²) in [7, 11) is 4.31. The Bertz CT molecular complexity index is 385. The third kappa shape index (κ3) is 4.45. The molecular weight excluding hydrogens is 238 g/mol. The highest BCUT2D eigenvalue weighted by atomic mass is 15.3. The normalized spacial score (nSPS) is 17.9. The van der Waals surface area contributed by atoms with Gasteiger partial charge in [0.15, 0.2) is 0 Å². The van der Waals surface area contributed by atoms with Gasteiger partial charge in [0.25, 0.3) is 0 Å². The van der Waals surface area contributed by atoms with E-state index >= 15 is 0 Å². The van der Waals surface area contributed by atoms with E-state index in [2.05, 4.69) is 40.4 Å². The molecule has 3 N–H and O–H groups in total. The molecule has 2 rings (SSSR count). The van der Waals surface area contributed by atoms with Crippen molar-refractivity contribution in [3.63, 3.8) is 0 Å². The van der Waals surface area contributed by atoms with E-state index in [1.165, 1.54) is 32.5 Å². The third-order valence-electron chi connectivity index (χ3n) is 3.67. The predicted octanol–water partition coefficient (Wildman–Crippen LogP) is 1.14. The van der Waals surface area contributed by atoms with Crippen molar-refractivity contribution in [1.82, 2.24) is 14.8 Å². The molecule has 0 spiro atoms. The van der Waals surface area contributed by atoms with Crippen molar-refractivity contribution in [2.45, 2.75) is 19.4 Å². The van der Waals surface area contributed by atoms with E-state index in [0.29, 0.717) is 0 Å². The lowest BCUT2D eigenvalue weighted by molar-refractivity contribution is 0.155. The summed E-state index contributed by atoms with van der Waals surface area (Å²) >= 11 is 0. The molecule has 2 heterocycles. The van der Waals surface area contributed by atoms with E-state index < -0.39 is 0 Å².